The zero-order chi connectivity index (χ0) is 5.28. The number of aromatic nitrogens is 2. The van der Waals surface area contributed by atoms with E-state index in [-0.39, 0.29) is 14.9 Å². The van der Waals surface area contributed by atoms with E-state index >= 15 is 0 Å². The molecule has 0 bridgehead atoms. The van der Waals surface area contributed by atoms with Crippen LogP contribution < -0.4 is 5.73 Å². The first kappa shape index (κ1) is 10.9. The molecule has 0 unspecified atom stereocenters. The van der Waals surface area contributed by atoms with Crippen molar-refractivity contribution in [2.45, 2.75) is 21.8 Å². The molecule has 3 heteroatoms. The van der Waals surface area contributed by atoms with Crippen LogP contribution in [0.25, 0.3) is 0 Å². The van der Waals surface area contributed by atoms with Gasteiger partial charge in [-0.3, -0.25) is 0 Å². The van der Waals surface area contributed by atoms with Crippen molar-refractivity contribution in [3.8, 4) is 0 Å². The summed E-state index contributed by atoms with van der Waals surface area (Å²) in [4.78, 5) is 6.64. The van der Waals surface area contributed by atoms with E-state index in [9.17, 15) is 0 Å². The highest BCUT2D eigenvalue weighted by Crippen LogP contribution is 1.92. The third-order valence-electron chi connectivity index (χ3n) is 0.723. The largest absolute Gasteiger partial charge is 0.384 e. The Labute approximate surface area is 56.3 Å². The molecule has 1 heterocycles. The van der Waals surface area contributed by atoms with Crippen LogP contribution in [-0.2, 0) is 0 Å². The fraction of sp³-hybridized carbons (Fsp3) is 0.500. The summed E-state index contributed by atoms with van der Waals surface area (Å²) in [6.07, 6.45) is 1.59. The molecule has 3 nitrogen and oxygen atoms in total. The van der Waals surface area contributed by atoms with Gasteiger partial charge in [0.2, 0.25) is 0 Å². The molecule has 1 aromatic heterocycles. The minimum atomic E-state index is 0. The highest BCUT2D eigenvalue weighted by molar-refractivity contribution is 5.23. The second-order valence-corrected chi connectivity index (χ2v) is 1.42. The number of anilines is 1. The Kier molecular flexibility index (Phi) is 4.78. The van der Waals surface area contributed by atoms with Crippen molar-refractivity contribution in [3.63, 3.8) is 0 Å². The van der Waals surface area contributed by atoms with Gasteiger partial charge in [0.15, 0.2) is 0 Å². The van der Waals surface area contributed by atoms with Crippen molar-refractivity contribution in [3.05, 3.63) is 12.0 Å². The predicted molar refractivity (Wildman–Crippen MR) is 41.2 cm³/mol. The van der Waals surface area contributed by atoms with Gasteiger partial charge in [-0.05, 0) is 6.92 Å². The van der Waals surface area contributed by atoms with E-state index in [1.807, 2.05) is 6.92 Å². The molecule has 54 valence electrons. The second kappa shape index (κ2) is 3.95. The number of nitrogen functional groups attached to an aromatic ring is 1. The fourth-order valence-electron chi connectivity index (χ4n) is 0.440. The summed E-state index contributed by atoms with van der Waals surface area (Å²) in [5.41, 5.74) is 5.26. The van der Waals surface area contributed by atoms with Crippen LogP contribution >= 0.6 is 0 Å². The Bertz CT molecular complexity index is 141. The first-order valence-electron chi connectivity index (χ1n) is 2.06. The summed E-state index contributed by atoms with van der Waals surface area (Å²) in [6.45, 7) is 1.86. The van der Waals surface area contributed by atoms with Crippen LogP contribution in [0.2, 0.25) is 0 Å². The van der Waals surface area contributed by atoms with E-state index in [0.717, 1.165) is 5.82 Å². The van der Waals surface area contributed by atoms with Gasteiger partial charge in [0.1, 0.15) is 11.6 Å². The molecule has 0 aliphatic rings. The van der Waals surface area contributed by atoms with Crippen LogP contribution in [0.3, 0.4) is 0 Å². The molecule has 0 atom stereocenters. The van der Waals surface area contributed by atoms with Gasteiger partial charge in [0.25, 0.3) is 0 Å². The number of H-pyrrole nitrogens is 1. The summed E-state index contributed by atoms with van der Waals surface area (Å²) < 4.78 is 0. The summed E-state index contributed by atoms with van der Waals surface area (Å²) in [7, 11) is 0. The molecular formula is C6H15N3. The van der Waals surface area contributed by atoms with Gasteiger partial charge in [0, 0.05) is 0 Å². The van der Waals surface area contributed by atoms with Crippen LogP contribution in [0.4, 0.5) is 5.82 Å². The van der Waals surface area contributed by atoms with E-state index in [1.54, 1.807) is 6.20 Å². The van der Waals surface area contributed by atoms with Gasteiger partial charge in [-0.2, -0.15) is 0 Å². The summed E-state index contributed by atoms with van der Waals surface area (Å²) in [5.74, 6) is 1.48. The molecule has 0 saturated heterocycles. The first-order valence-corrected chi connectivity index (χ1v) is 2.06. The lowest BCUT2D eigenvalue weighted by Gasteiger charge is -1.75. The molecule has 0 radical (unpaired) electrons. The fourth-order valence-corrected chi connectivity index (χ4v) is 0.440. The molecular weight excluding hydrogens is 114 g/mol. The molecule has 0 aliphatic heterocycles. The van der Waals surface area contributed by atoms with Crippen molar-refractivity contribution in [2.75, 3.05) is 5.73 Å². The number of nitrogens with zero attached hydrogens (tertiary/aromatic N) is 1. The van der Waals surface area contributed by atoms with Crippen LogP contribution in [0.15, 0.2) is 6.20 Å². The maximum absolute atomic E-state index is 5.26. The normalized spacial score (nSPS) is 7.22. The van der Waals surface area contributed by atoms with Crippen LogP contribution in [0, 0.1) is 6.92 Å². The number of hydrogen-bond acceptors (Lipinski definition) is 2. The SMILES string of the molecule is C.C.Cc1ncc(N)[nH]1. The average Bonchev–Trinajstić information content (AvgIpc) is 1.87. The maximum Gasteiger partial charge on any atom is 0.120 e. The molecule has 0 saturated carbocycles. The number of aromatic amines is 1. The van der Waals surface area contributed by atoms with E-state index < -0.39 is 0 Å². The zero-order valence-electron chi connectivity index (χ0n) is 4.10. The molecule has 0 fully saturated rings. The van der Waals surface area contributed by atoms with Crippen LogP contribution in [0.1, 0.15) is 20.7 Å². The lowest BCUT2D eigenvalue weighted by molar-refractivity contribution is 1.15. The van der Waals surface area contributed by atoms with Crippen molar-refractivity contribution in [2.24, 2.45) is 0 Å². The molecule has 0 aliphatic carbocycles. The third-order valence-corrected chi connectivity index (χ3v) is 0.723. The third kappa shape index (κ3) is 2.74. The molecule has 0 spiro atoms. The number of aryl methyl sites for hydroxylation is 1. The quantitative estimate of drug-likeness (QED) is 0.558. The highest BCUT2D eigenvalue weighted by atomic mass is 15.0. The first-order chi connectivity index (χ1) is 3.29. The Morgan fingerprint density at radius 1 is 1.56 bits per heavy atom. The zero-order valence-corrected chi connectivity index (χ0v) is 4.10. The van der Waals surface area contributed by atoms with Gasteiger partial charge in [-0.25, -0.2) is 4.98 Å². The Morgan fingerprint density at radius 3 is 2.22 bits per heavy atom. The van der Waals surface area contributed by atoms with E-state index in [4.69, 9.17) is 5.73 Å². The van der Waals surface area contributed by atoms with Gasteiger partial charge in [0.05, 0.1) is 6.20 Å². The molecule has 0 amide bonds. The minimum absolute atomic E-state index is 0. The van der Waals surface area contributed by atoms with Gasteiger partial charge < -0.3 is 10.7 Å². The smallest absolute Gasteiger partial charge is 0.120 e. The number of nitrogens with two attached hydrogens (primary N) is 1. The van der Waals surface area contributed by atoms with Crippen molar-refractivity contribution < 1.29 is 0 Å². The molecule has 1 aromatic rings. The Hall–Kier alpha value is -0.990. The lowest BCUT2D eigenvalue weighted by Crippen LogP contribution is -1.81. The topological polar surface area (TPSA) is 54.7 Å². The molecule has 3 N–H and O–H groups in total. The number of nitrogens with one attached hydrogen (secondary N) is 1. The Balaban J connectivity index is 0. The number of imidazole rings is 1. The predicted octanol–water partition coefficient (Wildman–Crippen LogP) is 1.57. The number of hydrogen-bond donors (Lipinski definition) is 2. The second-order valence-electron chi connectivity index (χ2n) is 1.42. The van der Waals surface area contributed by atoms with Crippen molar-refractivity contribution in [1.82, 2.24) is 9.97 Å². The van der Waals surface area contributed by atoms with Crippen LogP contribution in [0.5, 0.6) is 0 Å². The van der Waals surface area contributed by atoms with E-state index in [1.165, 1.54) is 0 Å². The lowest BCUT2D eigenvalue weighted by atomic mass is 10.8. The minimum Gasteiger partial charge on any atom is -0.384 e. The summed E-state index contributed by atoms with van der Waals surface area (Å²) in [5, 5.41) is 0. The monoisotopic (exact) mass is 129 g/mol. The standard InChI is InChI=1S/C4H7N3.2CH4/c1-3-6-2-4(5)7-3;;/h2H,5H2,1H3,(H,6,7);2*1H4. The van der Waals surface area contributed by atoms with Gasteiger partial charge in [-0.15, -0.1) is 0 Å². The Morgan fingerprint density at radius 2 is 2.11 bits per heavy atom. The maximum atomic E-state index is 5.26. The van der Waals surface area contributed by atoms with Crippen molar-refractivity contribution in [1.29, 1.82) is 0 Å². The van der Waals surface area contributed by atoms with E-state index in [0.29, 0.717) is 5.82 Å². The highest BCUT2D eigenvalue weighted by Gasteiger charge is 1.84. The molecule has 9 heavy (non-hydrogen) atoms. The molecule has 0 aromatic carbocycles. The van der Waals surface area contributed by atoms with Crippen LogP contribution in [-0.4, -0.2) is 9.97 Å². The number of rotatable bonds is 0. The van der Waals surface area contributed by atoms with Gasteiger partial charge in [-0.1, -0.05) is 14.9 Å². The van der Waals surface area contributed by atoms with E-state index in [2.05, 4.69) is 9.97 Å². The molecule has 1 rings (SSSR count). The summed E-state index contributed by atoms with van der Waals surface area (Å²) in [6, 6.07) is 0. The summed E-state index contributed by atoms with van der Waals surface area (Å²) >= 11 is 0. The van der Waals surface area contributed by atoms with Gasteiger partial charge >= 0.3 is 0 Å². The average molecular weight is 129 g/mol. The van der Waals surface area contributed by atoms with Crippen molar-refractivity contribution >= 4 is 5.82 Å².